The smallest absolute Gasteiger partial charge is 0.416 e. The summed E-state index contributed by atoms with van der Waals surface area (Å²) >= 11 is 0. The molecule has 2 nitrogen and oxygen atoms in total. The molecule has 0 amide bonds. The Bertz CT molecular complexity index is 424. The molecule has 2 N–H and O–H groups in total. The Hall–Kier alpha value is -1.23. The van der Waals surface area contributed by atoms with Crippen LogP contribution in [-0.2, 0) is 6.18 Å². The van der Waals surface area contributed by atoms with Crippen molar-refractivity contribution in [2.24, 2.45) is 17.1 Å². The van der Waals surface area contributed by atoms with E-state index in [9.17, 15) is 13.2 Å². The average molecular weight is 289 g/mol. The quantitative estimate of drug-likeness (QED) is 0.886. The van der Waals surface area contributed by atoms with E-state index in [0.29, 0.717) is 13.2 Å². The second kappa shape index (κ2) is 6.48. The van der Waals surface area contributed by atoms with Crippen LogP contribution in [0.15, 0.2) is 24.3 Å². The molecule has 20 heavy (non-hydrogen) atoms. The zero-order chi connectivity index (χ0) is 15.4. The largest absolute Gasteiger partial charge is 0.493 e. The van der Waals surface area contributed by atoms with Crippen LogP contribution in [0.3, 0.4) is 0 Å². The summed E-state index contributed by atoms with van der Waals surface area (Å²) in [5, 5.41) is 0. The minimum atomic E-state index is -4.35. The molecule has 0 heterocycles. The molecule has 114 valence electrons. The molecule has 5 heteroatoms. The number of hydrogen-bond donors (Lipinski definition) is 1. The van der Waals surface area contributed by atoms with Crippen LogP contribution >= 0.6 is 0 Å². The summed E-state index contributed by atoms with van der Waals surface area (Å²) in [5.41, 5.74) is 5.10. The first-order chi connectivity index (χ1) is 9.12. The summed E-state index contributed by atoms with van der Waals surface area (Å²) in [6.45, 7) is 7.07. The molecule has 1 unspecified atom stereocenters. The molecule has 1 rings (SSSR count). The van der Waals surface area contributed by atoms with Crippen molar-refractivity contribution in [2.75, 3.05) is 13.2 Å². The third kappa shape index (κ3) is 5.82. The van der Waals surface area contributed by atoms with Gasteiger partial charge in [0.05, 0.1) is 12.2 Å². The zero-order valence-electron chi connectivity index (χ0n) is 12.1. The molecule has 0 aliphatic carbocycles. The van der Waals surface area contributed by atoms with Crippen molar-refractivity contribution in [1.82, 2.24) is 0 Å². The van der Waals surface area contributed by atoms with Gasteiger partial charge in [-0.15, -0.1) is 0 Å². The van der Waals surface area contributed by atoms with Crippen LogP contribution in [0, 0.1) is 11.3 Å². The summed E-state index contributed by atoms with van der Waals surface area (Å²) in [6.07, 6.45) is -3.49. The highest BCUT2D eigenvalue weighted by atomic mass is 19.4. The summed E-state index contributed by atoms with van der Waals surface area (Å²) in [4.78, 5) is 0. The summed E-state index contributed by atoms with van der Waals surface area (Å²) in [5.74, 6) is 0.358. The van der Waals surface area contributed by atoms with E-state index in [1.807, 2.05) is 0 Å². The second-order valence-electron chi connectivity index (χ2n) is 6.20. The molecule has 0 aliphatic heterocycles. The zero-order valence-corrected chi connectivity index (χ0v) is 12.1. The Morgan fingerprint density at radius 1 is 1.20 bits per heavy atom. The monoisotopic (exact) mass is 289 g/mol. The standard InChI is InChI=1S/C15H22F3NO/c1-14(2,3)8-11(9-19)10-20-13-6-4-5-12(7-13)15(16,17)18/h4-7,11H,8-10,19H2,1-3H3. The van der Waals surface area contributed by atoms with Gasteiger partial charge < -0.3 is 10.5 Å². The van der Waals surface area contributed by atoms with E-state index in [2.05, 4.69) is 20.8 Å². The Labute approximate surface area is 118 Å². The van der Waals surface area contributed by atoms with Gasteiger partial charge in [0.25, 0.3) is 0 Å². The van der Waals surface area contributed by atoms with Crippen molar-refractivity contribution in [3.05, 3.63) is 29.8 Å². The number of alkyl halides is 3. The lowest BCUT2D eigenvalue weighted by Gasteiger charge is -2.25. The van der Waals surface area contributed by atoms with Gasteiger partial charge in [0, 0.05) is 5.92 Å². The van der Waals surface area contributed by atoms with E-state index >= 15 is 0 Å². The van der Waals surface area contributed by atoms with E-state index in [1.165, 1.54) is 12.1 Å². The summed E-state index contributed by atoms with van der Waals surface area (Å²) in [6, 6.07) is 4.92. The van der Waals surface area contributed by atoms with Crippen LogP contribution in [-0.4, -0.2) is 13.2 Å². The van der Waals surface area contributed by atoms with Gasteiger partial charge in [-0.05, 0) is 36.6 Å². The predicted octanol–water partition coefficient (Wildman–Crippen LogP) is 4.10. The lowest BCUT2D eigenvalue weighted by atomic mass is 9.85. The van der Waals surface area contributed by atoms with Gasteiger partial charge >= 0.3 is 6.18 Å². The van der Waals surface area contributed by atoms with E-state index in [1.54, 1.807) is 0 Å². The maximum absolute atomic E-state index is 12.6. The third-order valence-corrected chi connectivity index (χ3v) is 2.88. The number of hydrogen-bond acceptors (Lipinski definition) is 2. The molecule has 0 fully saturated rings. The van der Waals surface area contributed by atoms with Gasteiger partial charge in [-0.3, -0.25) is 0 Å². The fourth-order valence-electron chi connectivity index (χ4n) is 2.05. The Balaban J connectivity index is 2.65. The van der Waals surface area contributed by atoms with Crippen LogP contribution < -0.4 is 10.5 Å². The second-order valence-corrected chi connectivity index (χ2v) is 6.20. The molecule has 0 aromatic heterocycles. The van der Waals surface area contributed by atoms with Crippen LogP contribution in [0.25, 0.3) is 0 Å². The van der Waals surface area contributed by atoms with Gasteiger partial charge in [-0.1, -0.05) is 26.8 Å². The average Bonchev–Trinajstić information content (AvgIpc) is 2.32. The first-order valence-corrected chi connectivity index (χ1v) is 6.62. The van der Waals surface area contributed by atoms with Crippen molar-refractivity contribution in [3.63, 3.8) is 0 Å². The first-order valence-electron chi connectivity index (χ1n) is 6.62. The molecule has 0 saturated carbocycles. The maximum atomic E-state index is 12.6. The molecular formula is C15H22F3NO. The molecule has 1 atom stereocenters. The minimum absolute atomic E-state index is 0.112. The van der Waals surface area contributed by atoms with Crippen LogP contribution in [0.4, 0.5) is 13.2 Å². The highest BCUT2D eigenvalue weighted by Gasteiger charge is 2.30. The molecule has 1 aromatic carbocycles. The molecule has 1 aromatic rings. The predicted molar refractivity (Wildman–Crippen MR) is 73.6 cm³/mol. The molecule has 0 radical (unpaired) electrons. The Morgan fingerprint density at radius 2 is 1.85 bits per heavy atom. The number of halogens is 3. The minimum Gasteiger partial charge on any atom is -0.493 e. The van der Waals surface area contributed by atoms with Crippen molar-refractivity contribution in [3.8, 4) is 5.75 Å². The van der Waals surface area contributed by atoms with Crippen molar-refractivity contribution >= 4 is 0 Å². The normalized spacial score (nSPS) is 14.2. The molecule has 0 aliphatic rings. The van der Waals surface area contributed by atoms with Crippen molar-refractivity contribution < 1.29 is 17.9 Å². The van der Waals surface area contributed by atoms with Crippen molar-refractivity contribution in [1.29, 1.82) is 0 Å². The van der Waals surface area contributed by atoms with Gasteiger partial charge in [0.1, 0.15) is 5.75 Å². The van der Waals surface area contributed by atoms with E-state index in [0.717, 1.165) is 18.6 Å². The van der Waals surface area contributed by atoms with Crippen LogP contribution in [0.1, 0.15) is 32.8 Å². The van der Waals surface area contributed by atoms with Gasteiger partial charge in [0.2, 0.25) is 0 Å². The lowest BCUT2D eigenvalue weighted by Crippen LogP contribution is -2.26. The fraction of sp³-hybridized carbons (Fsp3) is 0.600. The number of ether oxygens (including phenoxy) is 1. The van der Waals surface area contributed by atoms with Gasteiger partial charge in [0.15, 0.2) is 0 Å². The number of rotatable bonds is 5. The number of benzene rings is 1. The maximum Gasteiger partial charge on any atom is 0.416 e. The number of nitrogens with two attached hydrogens (primary N) is 1. The lowest BCUT2D eigenvalue weighted by molar-refractivity contribution is -0.137. The fourth-order valence-corrected chi connectivity index (χ4v) is 2.05. The first kappa shape index (κ1) is 16.8. The summed E-state index contributed by atoms with van der Waals surface area (Å²) in [7, 11) is 0. The Kier molecular flexibility index (Phi) is 5.45. The highest BCUT2D eigenvalue weighted by molar-refractivity contribution is 5.30. The van der Waals surface area contributed by atoms with E-state index in [4.69, 9.17) is 10.5 Å². The Morgan fingerprint density at radius 3 is 2.35 bits per heavy atom. The van der Waals surface area contributed by atoms with Crippen molar-refractivity contribution in [2.45, 2.75) is 33.4 Å². The molecule has 0 saturated heterocycles. The van der Waals surface area contributed by atoms with E-state index in [-0.39, 0.29) is 17.1 Å². The molecule has 0 bridgehead atoms. The highest BCUT2D eigenvalue weighted by Crippen LogP contribution is 2.31. The van der Waals surface area contributed by atoms with Gasteiger partial charge in [-0.25, -0.2) is 0 Å². The van der Waals surface area contributed by atoms with Crippen LogP contribution in [0.5, 0.6) is 5.75 Å². The molecular weight excluding hydrogens is 267 g/mol. The topological polar surface area (TPSA) is 35.2 Å². The SMILES string of the molecule is CC(C)(C)CC(CN)COc1cccc(C(F)(F)F)c1. The molecule has 0 spiro atoms. The van der Waals surface area contributed by atoms with Crippen LogP contribution in [0.2, 0.25) is 0 Å². The summed E-state index contributed by atoms with van der Waals surface area (Å²) < 4.78 is 43.2. The van der Waals surface area contributed by atoms with Gasteiger partial charge in [-0.2, -0.15) is 13.2 Å². The third-order valence-electron chi connectivity index (χ3n) is 2.88. The van der Waals surface area contributed by atoms with E-state index < -0.39 is 11.7 Å².